The Morgan fingerprint density at radius 3 is 2.11 bits per heavy atom. The molecule has 0 fully saturated rings. The Bertz CT molecular complexity index is 898. The van der Waals surface area contributed by atoms with Crippen molar-refractivity contribution in [2.24, 2.45) is 0 Å². The van der Waals surface area contributed by atoms with Crippen molar-refractivity contribution in [2.45, 2.75) is 13.2 Å². The van der Waals surface area contributed by atoms with E-state index >= 15 is 0 Å². The van der Waals surface area contributed by atoms with Crippen molar-refractivity contribution in [3.05, 3.63) is 102 Å². The van der Waals surface area contributed by atoms with Crippen molar-refractivity contribution >= 4 is 23.2 Å². The van der Waals surface area contributed by atoms with Crippen molar-refractivity contribution in [3.8, 4) is 5.75 Å². The lowest BCUT2D eigenvalue weighted by Crippen LogP contribution is -2.39. The van der Waals surface area contributed by atoms with Crippen molar-refractivity contribution in [1.82, 2.24) is 10.6 Å². The number of hydrogen-bond donors (Lipinski definition) is 2. The summed E-state index contributed by atoms with van der Waals surface area (Å²) in [5.41, 5.74) is 2.56. The first-order chi connectivity index (χ1) is 13.2. The normalized spacial score (nSPS) is 10.1. The summed E-state index contributed by atoms with van der Waals surface area (Å²) in [6.07, 6.45) is 0. The van der Waals surface area contributed by atoms with E-state index in [2.05, 4.69) is 10.6 Å². The molecule has 5 heteroatoms. The SMILES string of the molecule is O=C(NC(=S)NCc1ccccc1)c1ccccc1OCc1ccccc1. The van der Waals surface area contributed by atoms with Gasteiger partial charge in [-0.15, -0.1) is 0 Å². The molecule has 1 amide bonds. The van der Waals surface area contributed by atoms with Crippen molar-refractivity contribution in [2.75, 3.05) is 0 Å². The third kappa shape index (κ3) is 5.66. The lowest BCUT2D eigenvalue weighted by molar-refractivity contribution is 0.0972. The summed E-state index contributed by atoms with van der Waals surface area (Å²) in [5.74, 6) is 0.217. The van der Waals surface area contributed by atoms with Crippen molar-refractivity contribution < 1.29 is 9.53 Å². The highest BCUT2D eigenvalue weighted by molar-refractivity contribution is 7.80. The van der Waals surface area contributed by atoms with Gasteiger partial charge < -0.3 is 10.1 Å². The largest absolute Gasteiger partial charge is 0.488 e. The second kappa shape index (κ2) is 9.50. The van der Waals surface area contributed by atoms with Crippen LogP contribution < -0.4 is 15.4 Å². The number of carbonyl (C=O) groups excluding carboxylic acids is 1. The van der Waals surface area contributed by atoms with Crippen LogP contribution in [0.15, 0.2) is 84.9 Å². The summed E-state index contributed by atoms with van der Waals surface area (Å²) in [6, 6.07) is 26.8. The second-order valence-electron chi connectivity index (χ2n) is 5.89. The molecular weight excluding hydrogens is 356 g/mol. The first kappa shape index (κ1) is 18.6. The van der Waals surface area contributed by atoms with Gasteiger partial charge in [0.15, 0.2) is 5.11 Å². The molecule has 0 spiro atoms. The summed E-state index contributed by atoms with van der Waals surface area (Å²) in [7, 11) is 0. The summed E-state index contributed by atoms with van der Waals surface area (Å²) >= 11 is 5.23. The van der Waals surface area contributed by atoms with Crippen LogP contribution in [0.3, 0.4) is 0 Å². The Labute approximate surface area is 164 Å². The molecule has 0 aliphatic heterocycles. The van der Waals surface area contributed by atoms with E-state index < -0.39 is 0 Å². The van der Waals surface area contributed by atoms with Crippen molar-refractivity contribution in [1.29, 1.82) is 0 Å². The third-order valence-electron chi connectivity index (χ3n) is 3.89. The van der Waals surface area contributed by atoms with E-state index in [-0.39, 0.29) is 11.0 Å². The van der Waals surface area contributed by atoms with Gasteiger partial charge in [0, 0.05) is 6.54 Å². The fraction of sp³-hybridized carbons (Fsp3) is 0.0909. The number of nitrogens with one attached hydrogen (secondary N) is 2. The lowest BCUT2D eigenvalue weighted by Gasteiger charge is -2.13. The van der Waals surface area contributed by atoms with E-state index in [0.717, 1.165) is 11.1 Å². The van der Waals surface area contributed by atoms with E-state index in [1.54, 1.807) is 18.2 Å². The second-order valence-corrected chi connectivity index (χ2v) is 6.30. The molecule has 0 saturated heterocycles. The zero-order chi connectivity index (χ0) is 18.9. The molecule has 3 aromatic carbocycles. The maximum Gasteiger partial charge on any atom is 0.261 e. The number of benzene rings is 3. The molecule has 0 aromatic heterocycles. The molecule has 27 heavy (non-hydrogen) atoms. The molecule has 0 aliphatic rings. The lowest BCUT2D eigenvalue weighted by atomic mass is 10.2. The van der Waals surface area contributed by atoms with E-state index in [4.69, 9.17) is 17.0 Å². The van der Waals surface area contributed by atoms with Gasteiger partial charge in [0.2, 0.25) is 0 Å². The van der Waals surface area contributed by atoms with Crippen LogP contribution in [-0.2, 0) is 13.2 Å². The maximum absolute atomic E-state index is 12.6. The number of rotatable bonds is 6. The van der Waals surface area contributed by atoms with E-state index in [0.29, 0.717) is 24.5 Å². The van der Waals surface area contributed by atoms with Gasteiger partial charge in [-0.3, -0.25) is 10.1 Å². The molecule has 136 valence electrons. The first-order valence-corrected chi connectivity index (χ1v) is 9.02. The summed E-state index contributed by atoms with van der Waals surface area (Å²) in [4.78, 5) is 12.6. The van der Waals surface area contributed by atoms with Gasteiger partial charge in [-0.25, -0.2) is 0 Å². The number of para-hydroxylation sites is 1. The van der Waals surface area contributed by atoms with Crippen molar-refractivity contribution in [3.63, 3.8) is 0 Å². The highest BCUT2D eigenvalue weighted by Crippen LogP contribution is 2.19. The highest BCUT2D eigenvalue weighted by atomic mass is 32.1. The van der Waals surface area contributed by atoms with Crippen LogP contribution in [0.2, 0.25) is 0 Å². The Kier molecular flexibility index (Phi) is 6.55. The topological polar surface area (TPSA) is 50.4 Å². The fourth-order valence-corrected chi connectivity index (χ4v) is 2.67. The molecule has 4 nitrogen and oxygen atoms in total. The number of carbonyl (C=O) groups is 1. The molecule has 0 atom stereocenters. The Hall–Kier alpha value is -3.18. The minimum atomic E-state index is -0.302. The summed E-state index contributed by atoms with van der Waals surface area (Å²) in [6.45, 7) is 0.938. The van der Waals surface area contributed by atoms with Gasteiger partial charge in [-0.1, -0.05) is 72.8 Å². The minimum Gasteiger partial charge on any atom is -0.488 e. The average Bonchev–Trinajstić information content (AvgIpc) is 2.72. The number of hydrogen-bond acceptors (Lipinski definition) is 3. The molecule has 3 rings (SSSR count). The van der Waals surface area contributed by atoms with Gasteiger partial charge in [-0.05, 0) is 35.5 Å². The molecule has 0 bridgehead atoms. The zero-order valence-corrected chi connectivity index (χ0v) is 15.5. The predicted octanol–water partition coefficient (Wildman–Crippen LogP) is 4.07. The van der Waals surface area contributed by atoms with Gasteiger partial charge >= 0.3 is 0 Å². The number of thiocarbonyl (C=S) groups is 1. The molecule has 0 heterocycles. The van der Waals surface area contributed by atoms with Gasteiger partial charge in [0.25, 0.3) is 5.91 Å². The molecular formula is C22H20N2O2S. The molecule has 0 aliphatic carbocycles. The van der Waals surface area contributed by atoms with Crippen LogP contribution in [0.5, 0.6) is 5.75 Å². The van der Waals surface area contributed by atoms with Crippen LogP contribution in [0.1, 0.15) is 21.5 Å². The zero-order valence-electron chi connectivity index (χ0n) is 14.7. The van der Waals surface area contributed by atoms with E-state index in [1.807, 2.05) is 66.7 Å². The fourth-order valence-electron chi connectivity index (χ4n) is 2.51. The number of ether oxygens (including phenoxy) is 1. The van der Waals surface area contributed by atoms with E-state index in [9.17, 15) is 4.79 Å². The highest BCUT2D eigenvalue weighted by Gasteiger charge is 2.13. The standard InChI is InChI=1S/C22H20N2O2S/c25-21(24-22(27)23-15-17-9-3-1-4-10-17)19-13-7-8-14-20(19)26-16-18-11-5-2-6-12-18/h1-14H,15-16H2,(H2,23,24,25,27). The molecule has 0 radical (unpaired) electrons. The first-order valence-electron chi connectivity index (χ1n) is 8.61. The Morgan fingerprint density at radius 1 is 0.815 bits per heavy atom. The maximum atomic E-state index is 12.6. The van der Waals surface area contributed by atoms with Crippen LogP contribution in [-0.4, -0.2) is 11.0 Å². The summed E-state index contributed by atoms with van der Waals surface area (Å²) < 4.78 is 5.83. The summed E-state index contributed by atoms with van der Waals surface area (Å²) in [5, 5.41) is 6.02. The van der Waals surface area contributed by atoms with Crippen LogP contribution in [0.25, 0.3) is 0 Å². The Balaban J connectivity index is 1.58. The quantitative estimate of drug-likeness (QED) is 0.637. The smallest absolute Gasteiger partial charge is 0.261 e. The molecule has 2 N–H and O–H groups in total. The van der Waals surface area contributed by atoms with Crippen LogP contribution in [0, 0.1) is 0 Å². The molecule has 3 aromatic rings. The minimum absolute atomic E-state index is 0.279. The van der Waals surface area contributed by atoms with Gasteiger partial charge in [0.1, 0.15) is 12.4 Å². The average molecular weight is 376 g/mol. The monoisotopic (exact) mass is 376 g/mol. The van der Waals surface area contributed by atoms with Crippen LogP contribution >= 0.6 is 12.2 Å². The van der Waals surface area contributed by atoms with E-state index in [1.165, 1.54) is 0 Å². The molecule has 0 saturated carbocycles. The Morgan fingerprint density at radius 2 is 1.41 bits per heavy atom. The van der Waals surface area contributed by atoms with Gasteiger partial charge in [-0.2, -0.15) is 0 Å². The third-order valence-corrected chi connectivity index (χ3v) is 4.14. The van der Waals surface area contributed by atoms with Gasteiger partial charge in [0.05, 0.1) is 5.56 Å². The predicted molar refractivity (Wildman–Crippen MR) is 111 cm³/mol. The molecule has 0 unspecified atom stereocenters. The van der Waals surface area contributed by atoms with Crippen LogP contribution in [0.4, 0.5) is 0 Å². The number of amides is 1.